The van der Waals surface area contributed by atoms with Gasteiger partial charge in [-0.3, -0.25) is 9.36 Å². The van der Waals surface area contributed by atoms with Gasteiger partial charge in [-0.15, -0.1) is 0 Å². The van der Waals surface area contributed by atoms with Gasteiger partial charge in [-0.25, -0.2) is 18.2 Å². The smallest absolute Gasteiger partial charge is 0.255 e. The molecule has 5 nitrogen and oxygen atoms in total. The van der Waals surface area contributed by atoms with Gasteiger partial charge >= 0.3 is 0 Å². The molecule has 0 amide bonds. The number of oxazole rings is 1. The Balaban J connectivity index is 1.98. The first-order valence-electron chi connectivity index (χ1n) is 10.1. The summed E-state index contributed by atoms with van der Waals surface area (Å²) in [5.74, 6) is -2.15. The van der Waals surface area contributed by atoms with E-state index in [0.29, 0.717) is 22.4 Å². The fourth-order valence-corrected chi connectivity index (χ4v) is 3.72. The number of hydrogen-bond acceptors (Lipinski definition) is 4. The summed E-state index contributed by atoms with van der Waals surface area (Å²) in [5.41, 5.74) is 0.243. The number of rotatable bonds is 4. The van der Waals surface area contributed by atoms with E-state index in [9.17, 15) is 23.1 Å². The Morgan fingerprint density at radius 2 is 1.64 bits per heavy atom. The van der Waals surface area contributed by atoms with Crippen molar-refractivity contribution < 1.29 is 22.7 Å². The Kier molecular flexibility index (Phi) is 5.49. The van der Waals surface area contributed by atoms with Crippen LogP contribution in [0.25, 0.3) is 28.3 Å². The highest BCUT2D eigenvalue weighted by atomic mass is 19.1. The van der Waals surface area contributed by atoms with Crippen LogP contribution in [0, 0.1) is 31.3 Å². The summed E-state index contributed by atoms with van der Waals surface area (Å²) < 4.78 is 49.0. The number of hydrogen-bond donors (Lipinski definition) is 1. The van der Waals surface area contributed by atoms with Gasteiger partial charge in [-0.05, 0) is 69.2 Å². The highest BCUT2D eigenvalue weighted by Gasteiger charge is 2.28. The standard InChI is InChI=1S/C25H21F3N2O3/c1-13-9-17(27)10-14(2)22(13)30-12-15(5-8-20(30)31)21-23(33-24(29-21)25(3,4)32)18-7-6-16(26)11-19(18)28/h5-12,32H,1-4H3. The number of aryl methyl sites for hydroxylation is 2. The minimum Gasteiger partial charge on any atom is -0.437 e. The van der Waals surface area contributed by atoms with Crippen molar-refractivity contribution in [1.82, 2.24) is 9.55 Å². The van der Waals surface area contributed by atoms with Gasteiger partial charge in [-0.1, -0.05) is 0 Å². The van der Waals surface area contributed by atoms with Gasteiger partial charge in [0, 0.05) is 23.9 Å². The van der Waals surface area contributed by atoms with Crippen LogP contribution in [-0.2, 0) is 5.60 Å². The number of halogens is 3. The van der Waals surface area contributed by atoms with Crippen molar-refractivity contribution in [2.75, 3.05) is 0 Å². The van der Waals surface area contributed by atoms with Crippen molar-refractivity contribution in [3.8, 4) is 28.3 Å². The number of aliphatic hydroxyl groups is 1. The second-order valence-corrected chi connectivity index (χ2v) is 8.39. The third-order valence-electron chi connectivity index (χ3n) is 5.21. The van der Waals surface area contributed by atoms with E-state index in [1.54, 1.807) is 13.8 Å². The summed E-state index contributed by atoms with van der Waals surface area (Å²) in [6.07, 6.45) is 1.49. The zero-order valence-electron chi connectivity index (χ0n) is 18.4. The van der Waals surface area contributed by atoms with E-state index in [0.717, 1.165) is 12.1 Å². The molecular formula is C25H21F3N2O3. The summed E-state index contributed by atoms with van der Waals surface area (Å²) in [5, 5.41) is 10.4. The quantitative estimate of drug-likeness (QED) is 0.447. The molecule has 2 aromatic heterocycles. The monoisotopic (exact) mass is 454 g/mol. The molecule has 0 aliphatic rings. The molecule has 0 spiro atoms. The minimum absolute atomic E-state index is 0.0256. The summed E-state index contributed by atoms with van der Waals surface area (Å²) in [6.45, 7) is 6.29. The molecule has 0 bridgehead atoms. The van der Waals surface area contributed by atoms with Crippen LogP contribution >= 0.6 is 0 Å². The van der Waals surface area contributed by atoms with Crippen LogP contribution < -0.4 is 5.56 Å². The first kappa shape index (κ1) is 22.5. The van der Waals surface area contributed by atoms with E-state index in [1.165, 1.54) is 54.9 Å². The van der Waals surface area contributed by atoms with E-state index in [2.05, 4.69) is 4.98 Å². The maximum atomic E-state index is 14.6. The third kappa shape index (κ3) is 4.21. The number of pyridine rings is 1. The molecule has 170 valence electrons. The maximum absolute atomic E-state index is 14.6. The number of aromatic nitrogens is 2. The maximum Gasteiger partial charge on any atom is 0.255 e. The molecule has 4 aromatic rings. The van der Waals surface area contributed by atoms with Crippen molar-refractivity contribution in [3.63, 3.8) is 0 Å². The summed E-state index contributed by atoms with van der Waals surface area (Å²) in [6, 6.07) is 8.46. The molecule has 2 aromatic carbocycles. The molecule has 0 atom stereocenters. The second kappa shape index (κ2) is 8.04. The molecule has 0 aliphatic heterocycles. The predicted molar refractivity (Wildman–Crippen MR) is 118 cm³/mol. The first-order chi connectivity index (χ1) is 15.5. The highest BCUT2D eigenvalue weighted by molar-refractivity contribution is 5.77. The largest absolute Gasteiger partial charge is 0.437 e. The van der Waals surface area contributed by atoms with E-state index >= 15 is 0 Å². The van der Waals surface area contributed by atoms with E-state index < -0.39 is 23.1 Å². The van der Waals surface area contributed by atoms with E-state index in [-0.39, 0.29) is 28.5 Å². The van der Waals surface area contributed by atoms with Crippen molar-refractivity contribution in [2.24, 2.45) is 0 Å². The molecule has 8 heteroatoms. The molecule has 4 rings (SSSR count). The van der Waals surface area contributed by atoms with E-state index in [1.807, 2.05) is 0 Å². The molecule has 0 radical (unpaired) electrons. The van der Waals surface area contributed by atoms with Gasteiger partial charge in [-0.2, -0.15) is 0 Å². The fourth-order valence-electron chi connectivity index (χ4n) is 3.72. The van der Waals surface area contributed by atoms with Gasteiger partial charge in [0.1, 0.15) is 28.7 Å². The number of benzene rings is 2. The molecule has 0 saturated heterocycles. The molecule has 0 aliphatic carbocycles. The van der Waals surface area contributed by atoms with Crippen LogP contribution in [0.4, 0.5) is 13.2 Å². The van der Waals surface area contributed by atoms with Crippen LogP contribution in [-0.4, -0.2) is 14.7 Å². The SMILES string of the molecule is Cc1cc(F)cc(C)c1-n1cc(-c2nc(C(C)(C)O)oc2-c2ccc(F)cc2F)ccc1=O. The van der Waals surface area contributed by atoms with Gasteiger partial charge in [0.25, 0.3) is 5.56 Å². The summed E-state index contributed by atoms with van der Waals surface area (Å²) in [7, 11) is 0. The van der Waals surface area contributed by atoms with Gasteiger partial charge in [0.05, 0.1) is 11.3 Å². The molecule has 0 unspecified atom stereocenters. The molecule has 0 fully saturated rings. The number of nitrogens with zero attached hydrogens (tertiary/aromatic N) is 2. The Labute approximate surface area is 187 Å². The van der Waals surface area contributed by atoms with Crippen LogP contribution in [0.15, 0.2) is 57.9 Å². The van der Waals surface area contributed by atoms with Crippen LogP contribution in [0.2, 0.25) is 0 Å². The lowest BCUT2D eigenvalue weighted by Gasteiger charge is -2.14. The van der Waals surface area contributed by atoms with Crippen LogP contribution in [0.5, 0.6) is 0 Å². The third-order valence-corrected chi connectivity index (χ3v) is 5.21. The molecule has 0 saturated carbocycles. The topological polar surface area (TPSA) is 68.3 Å². The lowest BCUT2D eigenvalue weighted by molar-refractivity contribution is 0.0490. The van der Waals surface area contributed by atoms with Crippen LogP contribution in [0.3, 0.4) is 0 Å². The molecule has 1 N–H and O–H groups in total. The summed E-state index contributed by atoms with van der Waals surface area (Å²) in [4.78, 5) is 17.0. The van der Waals surface area contributed by atoms with Crippen molar-refractivity contribution in [3.05, 3.63) is 93.5 Å². The second-order valence-electron chi connectivity index (χ2n) is 8.39. The Bertz CT molecular complexity index is 1410. The molecule has 2 heterocycles. The zero-order chi connectivity index (χ0) is 24.1. The average Bonchev–Trinajstić information content (AvgIpc) is 3.14. The Morgan fingerprint density at radius 3 is 2.24 bits per heavy atom. The lowest BCUT2D eigenvalue weighted by atomic mass is 10.1. The average molecular weight is 454 g/mol. The summed E-state index contributed by atoms with van der Waals surface area (Å²) >= 11 is 0. The minimum atomic E-state index is -1.48. The van der Waals surface area contributed by atoms with E-state index in [4.69, 9.17) is 4.42 Å². The zero-order valence-corrected chi connectivity index (χ0v) is 18.4. The predicted octanol–water partition coefficient (Wildman–Crippen LogP) is 5.42. The van der Waals surface area contributed by atoms with Gasteiger partial charge in [0.15, 0.2) is 5.76 Å². The fraction of sp³-hybridized carbons (Fsp3) is 0.200. The van der Waals surface area contributed by atoms with Gasteiger partial charge < -0.3 is 9.52 Å². The first-order valence-corrected chi connectivity index (χ1v) is 10.1. The van der Waals surface area contributed by atoms with Crippen molar-refractivity contribution in [1.29, 1.82) is 0 Å². The Morgan fingerprint density at radius 1 is 0.970 bits per heavy atom. The Hall–Kier alpha value is -3.65. The molecular weight excluding hydrogens is 433 g/mol. The van der Waals surface area contributed by atoms with Crippen molar-refractivity contribution >= 4 is 0 Å². The lowest BCUT2D eigenvalue weighted by Crippen LogP contribution is -2.19. The van der Waals surface area contributed by atoms with Crippen molar-refractivity contribution in [2.45, 2.75) is 33.3 Å². The molecule has 33 heavy (non-hydrogen) atoms. The van der Waals surface area contributed by atoms with Gasteiger partial charge in [0.2, 0.25) is 5.89 Å². The highest BCUT2D eigenvalue weighted by Crippen LogP contribution is 2.37. The normalized spacial score (nSPS) is 11.8. The van der Waals surface area contributed by atoms with Crippen LogP contribution in [0.1, 0.15) is 30.9 Å².